The molecule has 1 aromatic rings. The smallest absolute Gasteiger partial charge is 0.330 e. The number of benzene rings is 1. The van der Waals surface area contributed by atoms with Gasteiger partial charge in [0, 0.05) is 6.08 Å². The van der Waals surface area contributed by atoms with Crippen molar-refractivity contribution in [3.8, 4) is 0 Å². The topological polar surface area (TPSA) is 83.8 Å². The van der Waals surface area contributed by atoms with Crippen molar-refractivity contribution in [2.45, 2.75) is 0 Å². The second-order valence-electron chi connectivity index (χ2n) is 3.30. The fourth-order valence-electron chi connectivity index (χ4n) is 1.04. The summed E-state index contributed by atoms with van der Waals surface area (Å²) < 4.78 is 15.1. The molecule has 0 amide bonds. The number of carbonyl (C=O) groups is 1. The summed E-state index contributed by atoms with van der Waals surface area (Å²) in [5.41, 5.74) is 0.847. The molecule has 0 heterocycles. The van der Waals surface area contributed by atoms with Gasteiger partial charge < -0.3 is 14.5 Å². The lowest BCUT2D eigenvalue weighted by Crippen LogP contribution is -2.06. The van der Waals surface area contributed by atoms with E-state index in [9.17, 15) is 9.36 Å². The zero-order valence-corrected chi connectivity index (χ0v) is 9.92. The molecule has 0 aliphatic heterocycles. The van der Waals surface area contributed by atoms with E-state index in [1.165, 1.54) is 6.08 Å². The molecule has 5 nitrogen and oxygen atoms in total. The van der Waals surface area contributed by atoms with Crippen LogP contribution in [0.15, 0.2) is 36.4 Å². The second-order valence-corrected chi connectivity index (χ2v) is 5.08. The van der Waals surface area contributed by atoms with Crippen molar-refractivity contribution >= 4 is 19.6 Å². The van der Waals surface area contributed by atoms with E-state index in [2.05, 4.69) is 4.74 Å². The lowest BCUT2D eigenvalue weighted by molar-refractivity contribution is -0.137. The molecular weight excluding hydrogens is 243 g/mol. The van der Waals surface area contributed by atoms with Crippen LogP contribution in [-0.4, -0.2) is 28.5 Å². The summed E-state index contributed by atoms with van der Waals surface area (Å²) in [5, 5.41) is 0. The van der Waals surface area contributed by atoms with Gasteiger partial charge in [-0.1, -0.05) is 30.3 Å². The van der Waals surface area contributed by atoms with Gasteiger partial charge in [-0.3, -0.25) is 4.57 Å². The van der Waals surface area contributed by atoms with Crippen LogP contribution >= 0.6 is 7.60 Å². The van der Waals surface area contributed by atoms with Gasteiger partial charge in [0.1, 0.15) is 6.61 Å². The minimum absolute atomic E-state index is 0.289. The molecule has 0 aromatic heterocycles. The first-order valence-corrected chi connectivity index (χ1v) is 6.71. The molecule has 1 rings (SSSR count). The van der Waals surface area contributed by atoms with Crippen LogP contribution < -0.4 is 0 Å². The lowest BCUT2D eigenvalue weighted by Gasteiger charge is -2.03. The molecule has 0 aliphatic rings. The highest BCUT2D eigenvalue weighted by atomic mass is 31.2. The van der Waals surface area contributed by atoms with E-state index in [0.717, 1.165) is 5.56 Å². The summed E-state index contributed by atoms with van der Waals surface area (Å²) in [6.07, 6.45) is 2.33. The lowest BCUT2D eigenvalue weighted by atomic mass is 10.2. The average Bonchev–Trinajstić information content (AvgIpc) is 2.26. The van der Waals surface area contributed by atoms with Crippen molar-refractivity contribution in [2.24, 2.45) is 0 Å². The van der Waals surface area contributed by atoms with Crippen molar-refractivity contribution in [1.82, 2.24) is 0 Å². The van der Waals surface area contributed by atoms with E-state index < -0.39 is 19.7 Å². The molecule has 1 aromatic carbocycles. The molecule has 0 atom stereocenters. The molecule has 0 radical (unpaired) electrons. The van der Waals surface area contributed by atoms with Crippen molar-refractivity contribution in [2.75, 3.05) is 12.8 Å². The zero-order chi connectivity index (χ0) is 12.7. The second kappa shape index (κ2) is 6.35. The predicted molar refractivity (Wildman–Crippen MR) is 63.3 cm³/mol. The third-order valence-electron chi connectivity index (χ3n) is 1.84. The Hall–Kier alpha value is -1.42. The molecular formula is C11H13O5P. The van der Waals surface area contributed by atoms with Gasteiger partial charge in [-0.15, -0.1) is 0 Å². The quantitative estimate of drug-likeness (QED) is 0.473. The van der Waals surface area contributed by atoms with Crippen LogP contribution in [-0.2, 0) is 14.1 Å². The summed E-state index contributed by atoms with van der Waals surface area (Å²) in [7, 11) is -4.10. The van der Waals surface area contributed by atoms with Gasteiger partial charge in [-0.05, 0) is 11.6 Å². The Morgan fingerprint density at radius 3 is 2.53 bits per heavy atom. The van der Waals surface area contributed by atoms with Crippen LogP contribution in [0.5, 0.6) is 0 Å². The molecule has 0 fully saturated rings. The molecule has 0 spiro atoms. The van der Waals surface area contributed by atoms with Crippen LogP contribution in [0.3, 0.4) is 0 Å². The minimum atomic E-state index is -4.10. The SMILES string of the molecule is O=C(/C=C/c1ccccc1)OCCP(=O)(O)O. The summed E-state index contributed by atoms with van der Waals surface area (Å²) in [6, 6.07) is 9.16. The van der Waals surface area contributed by atoms with Crippen LogP contribution in [0.2, 0.25) is 0 Å². The highest BCUT2D eigenvalue weighted by Crippen LogP contribution is 2.33. The van der Waals surface area contributed by atoms with E-state index >= 15 is 0 Å². The van der Waals surface area contributed by atoms with Crippen molar-refractivity contribution in [3.63, 3.8) is 0 Å². The van der Waals surface area contributed by atoms with Gasteiger partial charge in [-0.25, -0.2) is 4.79 Å². The Labute approximate surface area is 98.9 Å². The Kier molecular flexibility index (Phi) is 5.10. The molecule has 0 unspecified atom stereocenters. The van der Waals surface area contributed by atoms with E-state index in [1.54, 1.807) is 6.08 Å². The molecule has 0 saturated heterocycles. The van der Waals surface area contributed by atoms with Crippen LogP contribution in [0.25, 0.3) is 6.08 Å². The fourth-order valence-corrected chi connectivity index (χ4v) is 1.37. The summed E-state index contributed by atoms with van der Waals surface area (Å²) in [4.78, 5) is 28.2. The van der Waals surface area contributed by atoms with Crippen molar-refractivity contribution in [1.29, 1.82) is 0 Å². The average molecular weight is 256 g/mol. The summed E-state index contributed by atoms with van der Waals surface area (Å²) in [6.45, 7) is -0.289. The van der Waals surface area contributed by atoms with Gasteiger partial charge in [0.15, 0.2) is 0 Å². The third kappa shape index (κ3) is 6.68. The van der Waals surface area contributed by atoms with Crippen LogP contribution in [0.1, 0.15) is 5.56 Å². The molecule has 0 bridgehead atoms. The number of esters is 1. The van der Waals surface area contributed by atoms with E-state index in [-0.39, 0.29) is 6.61 Å². The van der Waals surface area contributed by atoms with Gasteiger partial charge in [0.25, 0.3) is 0 Å². The predicted octanol–water partition coefficient (Wildman–Crippen LogP) is 1.42. The van der Waals surface area contributed by atoms with E-state index in [1.807, 2.05) is 30.3 Å². The first kappa shape index (κ1) is 13.6. The van der Waals surface area contributed by atoms with Crippen molar-refractivity contribution < 1.29 is 23.9 Å². The van der Waals surface area contributed by atoms with E-state index in [0.29, 0.717) is 0 Å². The maximum atomic E-state index is 11.1. The van der Waals surface area contributed by atoms with Crippen molar-refractivity contribution in [3.05, 3.63) is 42.0 Å². The van der Waals surface area contributed by atoms with Gasteiger partial charge in [0.05, 0.1) is 6.16 Å². The molecule has 2 N–H and O–H groups in total. The largest absolute Gasteiger partial charge is 0.462 e. The summed E-state index contributed by atoms with van der Waals surface area (Å²) in [5.74, 6) is -0.623. The zero-order valence-electron chi connectivity index (χ0n) is 9.02. The Morgan fingerprint density at radius 2 is 1.94 bits per heavy atom. The maximum Gasteiger partial charge on any atom is 0.330 e. The minimum Gasteiger partial charge on any atom is -0.462 e. The standard InChI is InChI=1S/C11H13O5P/c12-11(16-8-9-17(13,14)15)7-6-10-4-2-1-3-5-10/h1-7H,8-9H2,(H2,13,14,15)/b7-6+. The Balaban J connectivity index is 2.35. The number of carbonyl (C=O) groups excluding carboxylic acids is 1. The van der Waals surface area contributed by atoms with Gasteiger partial charge in [-0.2, -0.15) is 0 Å². The summed E-state index contributed by atoms with van der Waals surface area (Å²) >= 11 is 0. The van der Waals surface area contributed by atoms with Crippen LogP contribution in [0, 0.1) is 0 Å². The number of hydrogen-bond acceptors (Lipinski definition) is 3. The molecule has 92 valence electrons. The van der Waals surface area contributed by atoms with Gasteiger partial charge >= 0.3 is 13.6 Å². The number of ether oxygens (including phenoxy) is 1. The fraction of sp³-hybridized carbons (Fsp3) is 0.182. The highest BCUT2D eigenvalue weighted by Gasteiger charge is 2.12. The highest BCUT2D eigenvalue weighted by molar-refractivity contribution is 7.51. The normalized spacial score (nSPS) is 11.6. The molecule has 0 aliphatic carbocycles. The Bertz CT molecular complexity index is 434. The number of rotatable bonds is 5. The van der Waals surface area contributed by atoms with E-state index in [4.69, 9.17) is 9.79 Å². The first-order valence-electron chi connectivity index (χ1n) is 4.92. The first-order chi connectivity index (χ1) is 7.97. The molecule has 6 heteroatoms. The maximum absolute atomic E-state index is 11.1. The monoisotopic (exact) mass is 256 g/mol. The number of hydrogen-bond donors (Lipinski definition) is 2. The Morgan fingerprint density at radius 1 is 1.29 bits per heavy atom. The van der Waals surface area contributed by atoms with Crippen LogP contribution in [0.4, 0.5) is 0 Å². The molecule has 0 saturated carbocycles. The third-order valence-corrected chi connectivity index (χ3v) is 2.60. The van der Waals surface area contributed by atoms with Gasteiger partial charge in [0.2, 0.25) is 0 Å². The molecule has 17 heavy (non-hydrogen) atoms.